The van der Waals surface area contributed by atoms with Crippen LogP contribution in [0.25, 0.3) is 11.3 Å². The summed E-state index contributed by atoms with van der Waals surface area (Å²) in [6.45, 7) is 0. The average Bonchev–Trinajstić information content (AvgIpc) is 2.56. The van der Waals surface area contributed by atoms with Crippen molar-refractivity contribution >= 4 is 5.69 Å². The Bertz CT molecular complexity index is 836. The molecule has 0 spiro atoms. The molecule has 0 atom stereocenters. The molecular formula is C17H11FN2O3. The average molecular weight is 310 g/mol. The minimum Gasteiger partial charge on any atom is -0.434 e. The van der Waals surface area contributed by atoms with E-state index < -0.39 is 4.92 Å². The van der Waals surface area contributed by atoms with E-state index in [-0.39, 0.29) is 17.4 Å². The molecular weight excluding hydrogens is 299 g/mol. The van der Waals surface area contributed by atoms with Crippen molar-refractivity contribution in [2.75, 3.05) is 0 Å². The summed E-state index contributed by atoms with van der Waals surface area (Å²) in [7, 11) is 0. The van der Waals surface area contributed by atoms with E-state index in [1.807, 2.05) is 6.07 Å². The second-order valence-electron chi connectivity index (χ2n) is 4.70. The van der Waals surface area contributed by atoms with Gasteiger partial charge in [0.05, 0.1) is 10.6 Å². The van der Waals surface area contributed by atoms with Crippen LogP contribution in [0.15, 0.2) is 66.7 Å². The van der Waals surface area contributed by atoms with Crippen LogP contribution in [0.5, 0.6) is 11.6 Å². The molecule has 0 unspecified atom stereocenters. The fourth-order valence-corrected chi connectivity index (χ4v) is 2.03. The van der Waals surface area contributed by atoms with Crippen LogP contribution in [0.2, 0.25) is 0 Å². The zero-order valence-corrected chi connectivity index (χ0v) is 11.8. The van der Waals surface area contributed by atoms with Crippen molar-refractivity contribution in [1.82, 2.24) is 4.98 Å². The number of rotatable bonds is 4. The topological polar surface area (TPSA) is 65.3 Å². The summed E-state index contributed by atoms with van der Waals surface area (Å²) in [5, 5.41) is 11.1. The van der Waals surface area contributed by atoms with Gasteiger partial charge in [0.25, 0.3) is 5.88 Å². The van der Waals surface area contributed by atoms with E-state index in [0.29, 0.717) is 17.0 Å². The van der Waals surface area contributed by atoms with Crippen molar-refractivity contribution in [3.8, 4) is 22.9 Å². The number of nitro groups is 1. The lowest BCUT2D eigenvalue weighted by atomic mass is 10.1. The highest BCUT2D eigenvalue weighted by Gasteiger charge is 2.19. The van der Waals surface area contributed by atoms with E-state index in [4.69, 9.17) is 4.74 Å². The molecule has 114 valence electrons. The lowest BCUT2D eigenvalue weighted by molar-refractivity contribution is -0.386. The molecule has 0 saturated carbocycles. The minimum atomic E-state index is -0.556. The van der Waals surface area contributed by atoms with E-state index in [2.05, 4.69) is 4.98 Å². The van der Waals surface area contributed by atoms with Crippen molar-refractivity contribution in [2.45, 2.75) is 0 Å². The summed E-state index contributed by atoms with van der Waals surface area (Å²) < 4.78 is 18.5. The van der Waals surface area contributed by atoms with Crippen LogP contribution in [0, 0.1) is 15.9 Å². The molecule has 0 saturated heterocycles. The number of hydrogen-bond acceptors (Lipinski definition) is 4. The molecule has 0 aliphatic heterocycles. The van der Waals surface area contributed by atoms with E-state index in [1.54, 1.807) is 36.4 Å². The first-order valence-electron chi connectivity index (χ1n) is 6.78. The monoisotopic (exact) mass is 310 g/mol. The molecule has 23 heavy (non-hydrogen) atoms. The third-order valence-corrected chi connectivity index (χ3v) is 3.13. The second-order valence-corrected chi connectivity index (χ2v) is 4.70. The number of ether oxygens (including phenoxy) is 1. The molecule has 1 aromatic heterocycles. The van der Waals surface area contributed by atoms with Crippen molar-refractivity contribution in [3.63, 3.8) is 0 Å². The quantitative estimate of drug-likeness (QED) is 0.522. The number of hydrogen-bond donors (Lipinski definition) is 0. The molecule has 0 aliphatic rings. The van der Waals surface area contributed by atoms with Crippen LogP contribution in [0.3, 0.4) is 0 Å². The molecule has 6 heteroatoms. The largest absolute Gasteiger partial charge is 0.434 e. The normalized spacial score (nSPS) is 10.3. The number of para-hydroxylation sites is 1. The maximum absolute atomic E-state index is 13.0. The molecule has 0 bridgehead atoms. The molecule has 0 radical (unpaired) electrons. The third kappa shape index (κ3) is 3.32. The van der Waals surface area contributed by atoms with Crippen LogP contribution in [-0.2, 0) is 0 Å². The zero-order valence-electron chi connectivity index (χ0n) is 11.8. The number of pyridine rings is 1. The maximum Gasteiger partial charge on any atom is 0.331 e. The van der Waals surface area contributed by atoms with Gasteiger partial charge in [-0.3, -0.25) is 10.1 Å². The third-order valence-electron chi connectivity index (χ3n) is 3.13. The van der Waals surface area contributed by atoms with Gasteiger partial charge in [0, 0.05) is 11.6 Å². The van der Waals surface area contributed by atoms with Gasteiger partial charge in [-0.25, -0.2) is 9.37 Å². The summed E-state index contributed by atoms with van der Waals surface area (Å²) in [5.74, 6) is -0.0289. The van der Waals surface area contributed by atoms with Crippen LogP contribution in [0.4, 0.5) is 10.1 Å². The molecule has 3 aromatic rings. The van der Waals surface area contributed by atoms with Crippen molar-refractivity contribution < 1.29 is 14.1 Å². The van der Waals surface area contributed by atoms with Gasteiger partial charge in [-0.1, -0.05) is 18.2 Å². The first-order chi connectivity index (χ1) is 11.1. The maximum atomic E-state index is 13.0. The highest BCUT2D eigenvalue weighted by atomic mass is 19.1. The van der Waals surface area contributed by atoms with Crippen molar-refractivity contribution in [3.05, 3.63) is 82.7 Å². The molecule has 0 fully saturated rings. The first kappa shape index (κ1) is 14.6. The van der Waals surface area contributed by atoms with Crippen LogP contribution in [-0.4, -0.2) is 9.91 Å². The highest BCUT2D eigenvalue weighted by Crippen LogP contribution is 2.32. The van der Waals surface area contributed by atoms with E-state index in [9.17, 15) is 14.5 Å². The summed E-state index contributed by atoms with van der Waals surface area (Å²) in [6.07, 6.45) is 0. The Labute approximate surface area is 131 Å². The number of aromatic nitrogens is 1. The summed E-state index contributed by atoms with van der Waals surface area (Å²) in [6, 6.07) is 17.2. The van der Waals surface area contributed by atoms with Crippen LogP contribution < -0.4 is 4.74 Å². The van der Waals surface area contributed by atoms with E-state index in [0.717, 1.165) is 0 Å². The van der Waals surface area contributed by atoms with Gasteiger partial charge in [-0.2, -0.15) is 0 Å². The Balaban J connectivity index is 2.02. The van der Waals surface area contributed by atoms with Gasteiger partial charge in [-0.15, -0.1) is 0 Å². The summed E-state index contributed by atoms with van der Waals surface area (Å²) in [5.41, 5.74) is 0.862. The van der Waals surface area contributed by atoms with E-state index >= 15 is 0 Å². The Hall–Kier alpha value is -3.28. The van der Waals surface area contributed by atoms with Gasteiger partial charge in [0.1, 0.15) is 11.6 Å². The summed E-state index contributed by atoms with van der Waals surface area (Å²) >= 11 is 0. The first-order valence-corrected chi connectivity index (χ1v) is 6.78. The van der Waals surface area contributed by atoms with E-state index in [1.165, 1.54) is 24.3 Å². The molecule has 5 nitrogen and oxygen atoms in total. The summed E-state index contributed by atoms with van der Waals surface area (Å²) in [4.78, 5) is 14.8. The number of benzene rings is 2. The molecule has 0 N–H and O–H groups in total. The fourth-order valence-electron chi connectivity index (χ4n) is 2.03. The number of halogens is 1. The second kappa shape index (κ2) is 6.23. The Morgan fingerprint density at radius 3 is 2.30 bits per heavy atom. The van der Waals surface area contributed by atoms with Crippen LogP contribution in [0.1, 0.15) is 0 Å². The minimum absolute atomic E-state index is 0.108. The Kier molecular flexibility index (Phi) is 3.97. The molecule has 0 aliphatic carbocycles. The predicted molar refractivity (Wildman–Crippen MR) is 82.8 cm³/mol. The van der Waals surface area contributed by atoms with Crippen molar-refractivity contribution in [1.29, 1.82) is 0 Å². The predicted octanol–water partition coefficient (Wildman–Crippen LogP) is 4.59. The SMILES string of the molecule is O=[N+]([O-])c1ccc(-c2ccc(F)cc2)nc1Oc1ccccc1. The van der Waals surface area contributed by atoms with Gasteiger partial charge < -0.3 is 4.74 Å². The standard InChI is InChI=1S/C17H11FN2O3/c18-13-8-6-12(7-9-13)15-10-11-16(20(21)22)17(19-15)23-14-4-2-1-3-5-14/h1-11H. The highest BCUT2D eigenvalue weighted by molar-refractivity contribution is 5.62. The van der Waals surface area contributed by atoms with Gasteiger partial charge >= 0.3 is 5.69 Å². The molecule has 0 amide bonds. The van der Waals surface area contributed by atoms with Gasteiger partial charge in [0.2, 0.25) is 0 Å². The molecule has 2 aromatic carbocycles. The van der Waals surface area contributed by atoms with Gasteiger partial charge in [0.15, 0.2) is 0 Å². The Morgan fingerprint density at radius 1 is 0.957 bits per heavy atom. The van der Waals surface area contributed by atoms with Crippen molar-refractivity contribution in [2.24, 2.45) is 0 Å². The zero-order chi connectivity index (χ0) is 16.2. The Morgan fingerprint density at radius 2 is 1.65 bits per heavy atom. The van der Waals surface area contributed by atoms with Crippen LogP contribution >= 0.6 is 0 Å². The lowest BCUT2D eigenvalue weighted by Crippen LogP contribution is -1.97. The van der Waals surface area contributed by atoms with Gasteiger partial charge in [-0.05, 0) is 42.5 Å². The lowest BCUT2D eigenvalue weighted by Gasteiger charge is -2.07. The fraction of sp³-hybridized carbons (Fsp3) is 0. The number of nitrogens with zero attached hydrogens (tertiary/aromatic N) is 2. The molecule has 1 heterocycles. The molecule has 3 rings (SSSR count). The smallest absolute Gasteiger partial charge is 0.331 e.